The van der Waals surface area contributed by atoms with Crippen LogP contribution in [0, 0.1) is 0 Å². The Morgan fingerprint density at radius 3 is 2.61 bits per heavy atom. The number of rotatable bonds is 5. The zero-order valence-corrected chi connectivity index (χ0v) is 17.5. The highest BCUT2D eigenvalue weighted by molar-refractivity contribution is 5.77. The maximum atomic E-state index is 13.7. The molecular weight excluding hydrogens is 404 g/mol. The molecule has 0 spiro atoms. The van der Waals surface area contributed by atoms with E-state index in [9.17, 15) is 9.90 Å². The number of ether oxygens (including phenoxy) is 4. The Hall–Kier alpha value is -2.79. The summed E-state index contributed by atoms with van der Waals surface area (Å²) in [7, 11) is 1.50. The molecule has 2 aliphatic rings. The number of benzene rings is 1. The van der Waals surface area contributed by atoms with Crippen LogP contribution in [0.15, 0.2) is 41.5 Å². The number of hydrogen-bond acceptors (Lipinski definition) is 8. The van der Waals surface area contributed by atoms with Gasteiger partial charge in [-0.2, -0.15) is 4.98 Å². The standard InChI is InChI=1S/C21H24N4O6/c1-21(2)30-15-13(10-26)29-19(16(15)31-21)25-17-14(18(28-3)23-11-22-17)24(20(25)27)9-12-7-5-4-6-8-12/h4-8,11,13,15-16,19,26H,9-10H2,1-3H3/t13-,15-,16-,19-/m1/s1. The van der Waals surface area contributed by atoms with Crippen molar-refractivity contribution in [3.8, 4) is 5.88 Å². The van der Waals surface area contributed by atoms with Gasteiger partial charge in [-0.3, -0.25) is 4.57 Å². The first kappa shape index (κ1) is 20.1. The van der Waals surface area contributed by atoms with E-state index in [1.807, 2.05) is 30.3 Å². The smallest absolute Gasteiger partial charge is 0.333 e. The third-order valence-corrected chi connectivity index (χ3v) is 5.64. The molecule has 10 nitrogen and oxygen atoms in total. The number of aliphatic hydroxyl groups excluding tert-OH is 1. The van der Waals surface area contributed by atoms with Crippen LogP contribution in [-0.4, -0.2) is 62.0 Å². The van der Waals surface area contributed by atoms with Crippen molar-refractivity contribution in [2.45, 2.75) is 50.7 Å². The number of nitrogens with zero attached hydrogens (tertiary/aromatic N) is 4. The van der Waals surface area contributed by atoms with E-state index in [-0.39, 0.29) is 18.2 Å². The Morgan fingerprint density at radius 1 is 1.16 bits per heavy atom. The third kappa shape index (κ3) is 3.23. The number of aliphatic hydroxyl groups is 1. The summed E-state index contributed by atoms with van der Waals surface area (Å²) < 4.78 is 26.5. The van der Waals surface area contributed by atoms with Gasteiger partial charge in [0.1, 0.15) is 24.6 Å². The fourth-order valence-corrected chi connectivity index (χ4v) is 4.39. The number of aromatic nitrogens is 4. The van der Waals surface area contributed by atoms with Crippen molar-refractivity contribution in [1.29, 1.82) is 0 Å². The quantitative estimate of drug-likeness (QED) is 0.643. The first-order valence-corrected chi connectivity index (χ1v) is 10.1. The van der Waals surface area contributed by atoms with Crippen LogP contribution in [0.25, 0.3) is 11.2 Å². The van der Waals surface area contributed by atoms with Crippen molar-refractivity contribution in [1.82, 2.24) is 19.1 Å². The molecule has 1 aromatic carbocycles. The van der Waals surface area contributed by atoms with Gasteiger partial charge in [0.05, 0.1) is 20.3 Å². The summed E-state index contributed by atoms with van der Waals surface area (Å²) in [5.41, 5.74) is 1.43. The maximum Gasteiger partial charge on any atom is 0.333 e. The van der Waals surface area contributed by atoms with Crippen molar-refractivity contribution in [2.24, 2.45) is 0 Å². The molecule has 0 saturated carbocycles. The molecule has 2 fully saturated rings. The molecule has 4 atom stereocenters. The summed E-state index contributed by atoms with van der Waals surface area (Å²) in [6.07, 6.45) is -1.19. The molecule has 164 valence electrons. The van der Waals surface area contributed by atoms with Gasteiger partial charge in [0.15, 0.2) is 23.2 Å². The van der Waals surface area contributed by atoms with Gasteiger partial charge in [0, 0.05) is 0 Å². The number of methoxy groups -OCH3 is 1. The fraction of sp³-hybridized carbons (Fsp3) is 0.476. The predicted octanol–water partition coefficient (Wildman–Crippen LogP) is 1.06. The lowest BCUT2D eigenvalue weighted by Crippen LogP contribution is -2.35. The molecule has 0 bridgehead atoms. The van der Waals surface area contributed by atoms with Crippen LogP contribution in [0.4, 0.5) is 0 Å². The highest BCUT2D eigenvalue weighted by Gasteiger charge is 2.56. The molecule has 2 aromatic heterocycles. The zero-order chi connectivity index (χ0) is 21.8. The van der Waals surface area contributed by atoms with Crippen LogP contribution < -0.4 is 10.4 Å². The Kier molecular flexibility index (Phi) is 4.82. The van der Waals surface area contributed by atoms with Crippen molar-refractivity contribution < 1.29 is 24.1 Å². The second-order valence-corrected chi connectivity index (χ2v) is 8.09. The van der Waals surface area contributed by atoms with E-state index in [0.29, 0.717) is 17.7 Å². The minimum Gasteiger partial charge on any atom is -0.479 e. The first-order chi connectivity index (χ1) is 14.9. The molecule has 0 amide bonds. The summed E-state index contributed by atoms with van der Waals surface area (Å²) in [6, 6.07) is 9.61. The Bertz CT molecular complexity index is 1160. The minimum atomic E-state index is -0.858. The number of fused-ring (bicyclic) bond motifs is 2. The largest absolute Gasteiger partial charge is 0.479 e. The minimum absolute atomic E-state index is 0.257. The molecule has 2 saturated heterocycles. The molecule has 10 heteroatoms. The van der Waals surface area contributed by atoms with Gasteiger partial charge >= 0.3 is 5.69 Å². The molecule has 3 aromatic rings. The van der Waals surface area contributed by atoms with Crippen LogP contribution in [-0.2, 0) is 20.8 Å². The van der Waals surface area contributed by atoms with Crippen molar-refractivity contribution >= 4 is 11.2 Å². The maximum absolute atomic E-state index is 13.7. The highest BCUT2D eigenvalue weighted by Crippen LogP contribution is 2.43. The van der Waals surface area contributed by atoms with Gasteiger partial charge in [0.25, 0.3) is 0 Å². The molecule has 0 radical (unpaired) electrons. The van der Waals surface area contributed by atoms with Crippen molar-refractivity contribution in [3.05, 3.63) is 52.7 Å². The predicted molar refractivity (Wildman–Crippen MR) is 109 cm³/mol. The molecular formula is C21H24N4O6. The zero-order valence-electron chi connectivity index (χ0n) is 17.5. The van der Waals surface area contributed by atoms with Crippen LogP contribution in [0.1, 0.15) is 25.6 Å². The lowest BCUT2D eigenvalue weighted by atomic mass is 10.1. The van der Waals surface area contributed by atoms with E-state index in [4.69, 9.17) is 18.9 Å². The van der Waals surface area contributed by atoms with E-state index in [2.05, 4.69) is 9.97 Å². The topological polar surface area (TPSA) is 110 Å². The lowest BCUT2D eigenvalue weighted by molar-refractivity contribution is -0.200. The van der Waals surface area contributed by atoms with Crippen LogP contribution >= 0.6 is 0 Å². The second kappa shape index (κ2) is 7.41. The van der Waals surface area contributed by atoms with E-state index in [0.717, 1.165) is 5.56 Å². The van der Waals surface area contributed by atoms with E-state index in [1.54, 1.807) is 18.4 Å². The molecule has 31 heavy (non-hydrogen) atoms. The number of hydrogen-bond donors (Lipinski definition) is 1. The SMILES string of the molecule is COc1ncnc2c1n(Cc1ccccc1)c(=O)n2[C@@H]1O[C@H](CO)[C@H]2OC(C)(C)O[C@H]21. The molecule has 0 aliphatic carbocycles. The monoisotopic (exact) mass is 428 g/mol. The number of imidazole rings is 1. The molecule has 4 heterocycles. The molecule has 2 aliphatic heterocycles. The van der Waals surface area contributed by atoms with Gasteiger partial charge < -0.3 is 24.1 Å². The van der Waals surface area contributed by atoms with Crippen molar-refractivity contribution in [3.63, 3.8) is 0 Å². The van der Waals surface area contributed by atoms with Gasteiger partial charge in [-0.25, -0.2) is 14.3 Å². The van der Waals surface area contributed by atoms with E-state index < -0.39 is 30.3 Å². The second-order valence-electron chi connectivity index (χ2n) is 8.09. The van der Waals surface area contributed by atoms with Crippen molar-refractivity contribution in [2.75, 3.05) is 13.7 Å². The first-order valence-electron chi connectivity index (χ1n) is 10.1. The summed E-state index contributed by atoms with van der Waals surface area (Å²) in [4.78, 5) is 22.2. The lowest BCUT2D eigenvalue weighted by Gasteiger charge is -2.23. The van der Waals surface area contributed by atoms with Gasteiger partial charge in [-0.1, -0.05) is 30.3 Å². The Morgan fingerprint density at radius 2 is 1.90 bits per heavy atom. The molecule has 1 N–H and O–H groups in total. The summed E-state index contributed by atoms with van der Waals surface area (Å²) in [5, 5.41) is 9.81. The summed E-state index contributed by atoms with van der Waals surface area (Å²) >= 11 is 0. The van der Waals surface area contributed by atoms with E-state index >= 15 is 0 Å². The van der Waals surface area contributed by atoms with Gasteiger partial charge in [-0.15, -0.1) is 0 Å². The molecule has 0 unspecified atom stereocenters. The summed E-state index contributed by atoms with van der Waals surface area (Å²) in [5.74, 6) is -0.572. The normalized spacial score (nSPS) is 27.0. The third-order valence-electron chi connectivity index (χ3n) is 5.64. The van der Waals surface area contributed by atoms with Crippen LogP contribution in [0.2, 0.25) is 0 Å². The highest BCUT2D eigenvalue weighted by atomic mass is 16.8. The van der Waals surface area contributed by atoms with Gasteiger partial charge in [0.2, 0.25) is 5.88 Å². The fourth-order valence-electron chi connectivity index (χ4n) is 4.39. The van der Waals surface area contributed by atoms with Gasteiger partial charge in [-0.05, 0) is 19.4 Å². The van der Waals surface area contributed by atoms with E-state index in [1.165, 1.54) is 18.0 Å². The Balaban J connectivity index is 1.68. The molecule has 5 rings (SSSR count). The van der Waals surface area contributed by atoms with Crippen LogP contribution in [0.3, 0.4) is 0 Å². The van der Waals surface area contributed by atoms with Crippen LogP contribution in [0.5, 0.6) is 5.88 Å². The summed E-state index contributed by atoms with van der Waals surface area (Å²) in [6.45, 7) is 3.64. The average molecular weight is 428 g/mol. The average Bonchev–Trinajstić information content (AvgIpc) is 3.35. The Labute approximate surface area is 178 Å².